The fourth-order valence-corrected chi connectivity index (χ4v) is 4.37. The van der Waals surface area contributed by atoms with E-state index in [0.717, 1.165) is 36.2 Å². The molecule has 2 aromatic carbocycles. The Morgan fingerprint density at radius 3 is 2.67 bits per heavy atom. The summed E-state index contributed by atoms with van der Waals surface area (Å²) in [5.74, 6) is -2.84. The number of hydrogen-bond donors (Lipinski definition) is 1. The molecule has 3 aromatic rings. The molecule has 36 heavy (non-hydrogen) atoms. The molecule has 2 amide bonds. The van der Waals surface area contributed by atoms with E-state index in [1.165, 1.54) is 12.3 Å². The van der Waals surface area contributed by atoms with Gasteiger partial charge in [-0.2, -0.15) is 0 Å². The lowest BCUT2D eigenvalue weighted by Gasteiger charge is -2.31. The van der Waals surface area contributed by atoms with Gasteiger partial charge in [-0.05, 0) is 24.5 Å². The number of allylic oxidation sites excluding steroid dienone is 1. The topological polar surface area (TPSA) is 80.6 Å². The van der Waals surface area contributed by atoms with E-state index in [-0.39, 0.29) is 41.6 Å². The number of benzene rings is 2. The summed E-state index contributed by atoms with van der Waals surface area (Å²) in [5, 5.41) is 2.52. The smallest absolute Gasteiger partial charge is 0.275 e. The average molecular weight is 491 g/mol. The molecule has 0 atom stereocenters. The minimum atomic E-state index is -0.807. The standard InChI is InChI=1S/C27H23F2N3O4/c28-19-10-9-18(22(29)12-19)13-30-26(34)21-15-32-20-8-4-5-11-31(14-20)27(35)23(32)25(24(21)33)36-16-17-6-2-1-3-7-17/h1-3,6-10,12,15H,4-5,11,13-14,16H2,(H,30,34). The highest BCUT2D eigenvalue weighted by Crippen LogP contribution is 2.29. The zero-order chi connectivity index (χ0) is 25.2. The van der Waals surface area contributed by atoms with E-state index in [2.05, 4.69) is 5.32 Å². The largest absolute Gasteiger partial charge is 0.483 e. The molecular weight excluding hydrogens is 468 g/mol. The van der Waals surface area contributed by atoms with Gasteiger partial charge in [0.05, 0.1) is 6.54 Å². The fraction of sp³-hybridized carbons (Fsp3) is 0.222. The van der Waals surface area contributed by atoms with E-state index in [4.69, 9.17) is 4.74 Å². The molecular formula is C27H23F2N3O4. The van der Waals surface area contributed by atoms with Gasteiger partial charge >= 0.3 is 0 Å². The van der Waals surface area contributed by atoms with Gasteiger partial charge in [0.25, 0.3) is 11.8 Å². The van der Waals surface area contributed by atoms with Crippen molar-refractivity contribution in [2.45, 2.75) is 26.0 Å². The Bertz CT molecular complexity index is 1430. The van der Waals surface area contributed by atoms with E-state index in [9.17, 15) is 23.2 Å². The minimum absolute atomic E-state index is 0.0290. The van der Waals surface area contributed by atoms with Gasteiger partial charge in [-0.25, -0.2) is 8.78 Å². The highest BCUT2D eigenvalue weighted by molar-refractivity contribution is 6.01. The van der Waals surface area contributed by atoms with Gasteiger partial charge in [-0.3, -0.25) is 14.4 Å². The maximum Gasteiger partial charge on any atom is 0.275 e. The predicted octanol–water partition coefficient (Wildman–Crippen LogP) is 3.73. The van der Waals surface area contributed by atoms with E-state index >= 15 is 0 Å². The predicted molar refractivity (Wildman–Crippen MR) is 128 cm³/mol. The lowest BCUT2D eigenvalue weighted by Crippen LogP contribution is -2.42. The van der Waals surface area contributed by atoms with Crippen molar-refractivity contribution < 1.29 is 23.1 Å². The van der Waals surface area contributed by atoms with Crippen molar-refractivity contribution in [2.24, 2.45) is 0 Å². The number of hydrogen-bond acceptors (Lipinski definition) is 4. The van der Waals surface area contributed by atoms with Gasteiger partial charge in [0.2, 0.25) is 5.43 Å². The highest BCUT2D eigenvalue weighted by atomic mass is 19.1. The Hall–Kier alpha value is -4.27. The molecule has 0 saturated heterocycles. The van der Waals surface area contributed by atoms with Gasteiger partial charge in [0.1, 0.15) is 23.8 Å². The molecule has 0 fully saturated rings. The minimum Gasteiger partial charge on any atom is -0.483 e. The third kappa shape index (κ3) is 4.51. The Morgan fingerprint density at radius 1 is 1.08 bits per heavy atom. The van der Waals surface area contributed by atoms with Crippen LogP contribution in [0.1, 0.15) is 44.8 Å². The van der Waals surface area contributed by atoms with Crippen molar-refractivity contribution in [1.29, 1.82) is 0 Å². The maximum absolute atomic E-state index is 14.0. The summed E-state index contributed by atoms with van der Waals surface area (Å²) in [7, 11) is 0. The van der Waals surface area contributed by atoms with Crippen LogP contribution < -0.4 is 15.5 Å². The first kappa shape index (κ1) is 23.5. The first-order valence-corrected chi connectivity index (χ1v) is 11.6. The molecule has 1 N–H and O–H groups in total. The molecule has 1 aromatic heterocycles. The van der Waals surface area contributed by atoms with Crippen molar-refractivity contribution >= 4 is 17.5 Å². The van der Waals surface area contributed by atoms with E-state index < -0.39 is 23.0 Å². The van der Waals surface area contributed by atoms with Crippen LogP contribution in [0.5, 0.6) is 5.75 Å². The molecule has 184 valence electrons. The van der Waals surface area contributed by atoms with Crippen LogP contribution in [0.3, 0.4) is 0 Å². The first-order chi connectivity index (χ1) is 17.4. The number of carbonyl (C=O) groups is 2. The summed E-state index contributed by atoms with van der Waals surface area (Å²) in [6, 6.07) is 12.2. The Morgan fingerprint density at radius 2 is 1.89 bits per heavy atom. The van der Waals surface area contributed by atoms with Crippen molar-refractivity contribution in [3.63, 3.8) is 0 Å². The van der Waals surface area contributed by atoms with Crippen LogP contribution in [0.15, 0.2) is 65.6 Å². The van der Waals surface area contributed by atoms with Gasteiger partial charge in [0, 0.05) is 36.6 Å². The summed E-state index contributed by atoms with van der Waals surface area (Å²) in [4.78, 5) is 41.5. The van der Waals surface area contributed by atoms with Crippen LogP contribution in [0.4, 0.5) is 8.78 Å². The molecule has 0 aliphatic carbocycles. The number of amides is 2. The molecule has 0 unspecified atom stereocenters. The molecule has 9 heteroatoms. The number of nitrogens with one attached hydrogen (secondary N) is 1. The molecule has 2 aliphatic rings. The van der Waals surface area contributed by atoms with Gasteiger partial charge in [0.15, 0.2) is 11.4 Å². The van der Waals surface area contributed by atoms with E-state index in [0.29, 0.717) is 13.1 Å². The summed E-state index contributed by atoms with van der Waals surface area (Å²) < 4.78 is 34.7. The number of pyridine rings is 1. The number of rotatable bonds is 6. The zero-order valence-corrected chi connectivity index (χ0v) is 19.3. The van der Waals surface area contributed by atoms with Gasteiger partial charge in [-0.15, -0.1) is 0 Å². The quantitative estimate of drug-likeness (QED) is 0.570. The van der Waals surface area contributed by atoms with Gasteiger partial charge in [-0.1, -0.05) is 42.5 Å². The number of halogens is 2. The van der Waals surface area contributed by atoms with E-state index in [1.54, 1.807) is 9.47 Å². The third-order valence-corrected chi connectivity index (χ3v) is 6.25. The molecule has 0 radical (unpaired) electrons. The van der Waals surface area contributed by atoms with Crippen molar-refractivity contribution in [3.8, 4) is 5.75 Å². The van der Waals surface area contributed by atoms with Crippen LogP contribution >= 0.6 is 0 Å². The number of fused-ring (bicyclic) bond motifs is 4. The molecule has 0 saturated carbocycles. The summed E-state index contributed by atoms with van der Waals surface area (Å²) in [6.45, 7) is 0.689. The second kappa shape index (κ2) is 9.77. The highest BCUT2D eigenvalue weighted by Gasteiger charge is 2.34. The van der Waals surface area contributed by atoms with Crippen LogP contribution in [0, 0.1) is 11.6 Å². The second-order valence-corrected chi connectivity index (χ2v) is 8.68. The lowest BCUT2D eigenvalue weighted by atomic mass is 10.1. The summed E-state index contributed by atoms with van der Waals surface area (Å²) in [6.07, 6.45) is 4.85. The number of ether oxygens (including phenoxy) is 1. The SMILES string of the molecule is O=C(NCc1ccc(F)cc1F)c1cn2c(c(OCc3ccccc3)c1=O)C(=O)N1CCCC=C2C1. The van der Waals surface area contributed by atoms with Crippen LogP contribution in [-0.2, 0) is 13.2 Å². The normalized spacial score (nSPS) is 14.6. The van der Waals surface area contributed by atoms with Crippen LogP contribution in [0.25, 0.3) is 5.70 Å². The lowest BCUT2D eigenvalue weighted by molar-refractivity contribution is 0.0745. The number of nitrogens with zero attached hydrogens (tertiary/aromatic N) is 2. The van der Waals surface area contributed by atoms with Crippen LogP contribution in [-0.4, -0.2) is 34.4 Å². The van der Waals surface area contributed by atoms with Crippen molar-refractivity contribution in [3.05, 3.63) is 105 Å². The fourth-order valence-electron chi connectivity index (χ4n) is 4.37. The second-order valence-electron chi connectivity index (χ2n) is 8.68. The Kier molecular flexibility index (Phi) is 6.37. The zero-order valence-electron chi connectivity index (χ0n) is 19.3. The summed E-state index contributed by atoms with van der Waals surface area (Å²) >= 11 is 0. The van der Waals surface area contributed by atoms with Crippen molar-refractivity contribution in [2.75, 3.05) is 13.1 Å². The number of aromatic nitrogens is 1. The number of carbonyl (C=O) groups excluding carboxylic acids is 2. The van der Waals surface area contributed by atoms with Crippen LogP contribution in [0.2, 0.25) is 0 Å². The molecule has 7 nitrogen and oxygen atoms in total. The Balaban J connectivity index is 1.53. The van der Waals surface area contributed by atoms with Crippen molar-refractivity contribution in [1.82, 2.24) is 14.8 Å². The molecule has 5 rings (SSSR count). The van der Waals surface area contributed by atoms with E-state index in [1.807, 2.05) is 36.4 Å². The molecule has 2 bridgehead atoms. The Labute approximate surface area is 205 Å². The average Bonchev–Trinajstić information content (AvgIpc) is 3.10. The monoisotopic (exact) mass is 491 g/mol. The maximum atomic E-state index is 14.0. The summed E-state index contributed by atoms with van der Waals surface area (Å²) in [5.41, 5.74) is 0.735. The van der Waals surface area contributed by atoms with Gasteiger partial charge < -0.3 is 19.5 Å². The molecule has 2 aliphatic heterocycles. The first-order valence-electron chi connectivity index (χ1n) is 11.6. The third-order valence-electron chi connectivity index (χ3n) is 6.25. The molecule has 3 heterocycles. The molecule has 0 spiro atoms.